The minimum Gasteiger partial charge on any atom is -0.341 e. The molecule has 1 aliphatic carbocycles. The first-order chi connectivity index (χ1) is 16.8. The number of hydrogen-bond acceptors (Lipinski definition) is 4. The number of carbonyl (C=O) groups is 2. The zero-order chi connectivity index (χ0) is 26.8. The lowest BCUT2D eigenvalue weighted by molar-refractivity contribution is -0.146. The highest BCUT2D eigenvalue weighted by atomic mass is 19.1. The van der Waals surface area contributed by atoms with Gasteiger partial charge in [0.25, 0.3) is 0 Å². The van der Waals surface area contributed by atoms with Gasteiger partial charge in [-0.2, -0.15) is 10.2 Å². The quantitative estimate of drug-likeness (QED) is 0.343. The van der Waals surface area contributed by atoms with Crippen LogP contribution in [0, 0.1) is 28.4 Å². The third kappa shape index (κ3) is 4.90. The maximum atomic E-state index is 14.5. The number of amides is 2. The lowest BCUT2D eigenvalue weighted by atomic mass is 9.63. The van der Waals surface area contributed by atoms with Crippen LogP contribution in [0.15, 0.2) is 59.4 Å². The minimum atomic E-state index is -0.748. The second-order valence-electron chi connectivity index (χ2n) is 10.6. The third-order valence-electron chi connectivity index (χ3n) is 8.43. The van der Waals surface area contributed by atoms with Crippen molar-refractivity contribution in [1.82, 2.24) is 9.80 Å². The first-order valence-corrected chi connectivity index (χ1v) is 12.2. The van der Waals surface area contributed by atoms with Crippen LogP contribution in [-0.2, 0) is 9.59 Å². The minimum absolute atomic E-state index is 0.0134. The molecule has 36 heavy (non-hydrogen) atoms. The van der Waals surface area contributed by atoms with Gasteiger partial charge in [-0.15, -0.1) is 0 Å². The number of azo groups is 1. The number of carbonyl (C=O) groups excluding carboxylic acids is 2. The number of likely N-dealkylation sites (N-methyl/N-ethyl adjacent to an activating group) is 1. The molecule has 3 rings (SSSR count). The van der Waals surface area contributed by atoms with Crippen LogP contribution >= 0.6 is 0 Å². The number of likely N-dealkylation sites (tertiary alicyclic amines) is 1. The van der Waals surface area contributed by atoms with Crippen LogP contribution in [0.25, 0.3) is 5.70 Å². The normalized spacial score (nSPS) is 25.9. The van der Waals surface area contributed by atoms with E-state index >= 15 is 0 Å². The van der Waals surface area contributed by atoms with Crippen LogP contribution in [0.4, 0.5) is 8.78 Å². The van der Waals surface area contributed by atoms with Gasteiger partial charge in [-0.05, 0) is 54.4 Å². The molecule has 1 aromatic carbocycles. The van der Waals surface area contributed by atoms with Gasteiger partial charge in [0.05, 0.1) is 22.7 Å². The molecule has 194 valence electrons. The van der Waals surface area contributed by atoms with Crippen molar-refractivity contribution in [2.24, 2.45) is 27.0 Å². The molecule has 1 saturated heterocycles. The molecule has 8 heteroatoms. The lowest BCUT2D eigenvalue weighted by Gasteiger charge is -2.43. The summed E-state index contributed by atoms with van der Waals surface area (Å²) in [7, 11) is 1.77. The molecule has 1 heterocycles. The summed E-state index contributed by atoms with van der Waals surface area (Å²) in [5.74, 6) is -1.56. The van der Waals surface area contributed by atoms with Gasteiger partial charge in [-0.25, -0.2) is 8.78 Å². The monoisotopic (exact) mass is 498 g/mol. The number of hydrogen-bond donors (Lipinski definition) is 0. The summed E-state index contributed by atoms with van der Waals surface area (Å²) < 4.78 is 29.1. The van der Waals surface area contributed by atoms with E-state index in [4.69, 9.17) is 0 Å². The van der Waals surface area contributed by atoms with Crippen molar-refractivity contribution in [3.8, 4) is 0 Å². The van der Waals surface area contributed by atoms with Crippen LogP contribution in [0.5, 0.6) is 0 Å². The van der Waals surface area contributed by atoms with E-state index in [0.717, 1.165) is 6.42 Å². The van der Waals surface area contributed by atoms with Gasteiger partial charge in [0.15, 0.2) is 0 Å². The molecular formula is C28H36F2N4O2. The van der Waals surface area contributed by atoms with Crippen molar-refractivity contribution in [3.05, 3.63) is 66.4 Å². The smallest absolute Gasteiger partial charge is 0.229 e. The zero-order valence-electron chi connectivity index (χ0n) is 21.9. The Kier molecular flexibility index (Phi) is 7.96. The van der Waals surface area contributed by atoms with E-state index in [1.165, 1.54) is 31.3 Å². The van der Waals surface area contributed by atoms with Gasteiger partial charge in [0.1, 0.15) is 11.6 Å². The highest BCUT2D eigenvalue weighted by molar-refractivity contribution is 5.84. The first-order valence-electron chi connectivity index (χ1n) is 12.2. The Labute approximate surface area is 212 Å². The van der Waals surface area contributed by atoms with Crippen molar-refractivity contribution in [2.75, 3.05) is 20.1 Å². The van der Waals surface area contributed by atoms with Crippen molar-refractivity contribution in [3.63, 3.8) is 0 Å². The first kappa shape index (κ1) is 27.4. The molecule has 0 radical (unpaired) electrons. The lowest BCUT2D eigenvalue weighted by Crippen LogP contribution is -2.49. The van der Waals surface area contributed by atoms with E-state index in [-0.39, 0.29) is 35.0 Å². The van der Waals surface area contributed by atoms with Gasteiger partial charge in [0.2, 0.25) is 11.8 Å². The number of benzene rings is 1. The predicted octanol–water partition coefficient (Wildman–Crippen LogP) is 5.98. The molecule has 1 saturated carbocycles. The standard InChI is InChI=1S/C28H36F2N4O2/c1-8-31-32-24(25-22(29)10-9-11-23(25)30)16-18(2)21-12-14-28(6,27(21,4)5)26(36)34-15-13-20(17-34)33(7)19(3)35/h8-11,16,20-21H,1-2,12-15,17H2,3-7H3/b24-16-,32-31-/t20?,21?,28-/m1/s1. The van der Waals surface area contributed by atoms with Gasteiger partial charge in [-0.3, -0.25) is 9.59 Å². The Morgan fingerprint density at radius 1 is 1.19 bits per heavy atom. The Bertz CT molecular complexity index is 1110. The second kappa shape index (κ2) is 10.4. The van der Waals surface area contributed by atoms with Crippen LogP contribution in [0.2, 0.25) is 0 Å². The number of halogens is 2. The van der Waals surface area contributed by atoms with E-state index in [1.807, 2.05) is 25.7 Å². The summed E-state index contributed by atoms with van der Waals surface area (Å²) in [6, 6.07) is 3.64. The summed E-state index contributed by atoms with van der Waals surface area (Å²) in [6.07, 6.45) is 4.85. The van der Waals surface area contributed by atoms with Crippen LogP contribution in [-0.4, -0.2) is 47.8 Å². The number of rotatable bonds is 7. The molecule has 3 atom stereocenters. The summed E-state index contributed by atoms with van der Waals surface area (Å²) in [5, 5.41) is 7.73. The van der Waals surface area contributed by atoms with E-state index in [0.29, 0.717) is 31.5 Å². The molecule has 0 bridgehead atoms. The fourth-order valence-electron chi connectivity index (χ4n) is 5.65. The summed E-state index contributed by atoms with van der Waals surface area (Å²) >= 11 is 0. The van der Waals surface area contributed by atoms with Crippen LogP contribution in [0.1, 0.15) is 52.5 Å². The van der Waals surface area contributed by atoms with Crippen molar-refractivity contribution >= 4 is 17.5 Å². The molecule has 0 N–H and O–H groups in total. The van der Waals surface area contributed by atoms with Crippen molar-refractivity contribution in [1.29, 1.82) is 0 Å². The molecule has 2 amide bonds. The van der Waals surface area contributed by atoms with Gasteiger partial charge in [0, 0.05) is 33.3 Å². The predicted molar refractivity (Wildman–Crippen MR) is 137 cm³/mol. The van der Waals surface area contributed by atoms with Gasteiger partial charge < -0.3 is 9.80 Å². The average Bonchev–Trinajstić information content (AvgIpc) is 3.39. The number of allylic oxidation sites excluding steroid dienone is 2. The summed E-state index contributed by atoms with van der Waals surface area (Å²) in [4.78, 5) is 29.2. The van der Waals surface area contributed by atoms with E-state index in [9.17, 15) is 18.4 Å². The SMILES string of the molecule is C=C/N=N\C(=C/C(=C)C1CC[C@](C)(C(=O)N2CCC(N(C)C(C)=O)C2)C1(C)C)c1c(F)cccc1F. The Hall–Kier alpha value is -3.16. The van der Waals surface area contributed by atoms with E-state index in [2.05, 4.69) is 23.4 Å². The zero-order valence-corrected chi connectivity index (χ0v) is 21.9. The highest BCUT2D eigenvalue weighted by Gasteiger charge is 2.57. The molecular weight excluding hydrogens is 462 g/mol. The average molecular weight is 499 g/mol. The fourth-order valence-corrected chi connectivity index (χ4v) is 5.65. The van der Waals surface area contributed by atoms with E-state index in [1.54, 1.807) is 18.0 Å². The maximum absolute atomic E-state index is 14.5. The largest absolute Gasteiger partial charge is 0.341 e. The van der Waals surface area contributed by atoms with Crippen molar-refractivity contribution < 1.29 is 18.4 Å². The molecule has 1 aliphatic heterocycles. The van der Waals surface area contributed by atoms with Crippen LogP contribution < -0.4 is 0 Å². The van der Waals surface area contributed by atoms with Crippen LogP contribution in [0.3, 0.4) is 0 Å². The Morgan fingerprint density at radius 2 is 1.83 bits per heavy atom. The summed E-state index contributed by atoms with van der Waals surface area (Å²) in [5.41, 5.74) is -0.786. The van der Waals surface area contributed by atoms with Crippen molar-refractivity contribution in [2.45, 2.75) is 53.0 Å². The van der Waals surface area contributed by atoms with E-state index < -0.39 is 22.5 Å². The van der Waals surface area contributed by atoms with Gasteiger partial charge >= 0.3 is 0 Å². The molecule has 6 nitrogen and oxygen atoms in total. The fraction of sp³-hybridized carbons (Fsp3) is 0.500. The Balaban J connectivity index is 1.88. The molecule has 2 unspecified atom stereocenters. The molecule has 0 aromatic heterocycles. The maximum Gasteiger partial charge on any atom is 0.229 e. The van der Waals surface area contributed by atoms with Gasteiger partial charge in [-0.1, -0.05) is 40.0 Å². The molecule has 0 spiro atoms. The summed E-state index contributed by atoms with van der Waals surface area (Å²) in [6.45, 7) is 16.5. The molecule has 2 aliphatic rings. The second-order valence-corrected chi connectivity index (χ2v) is 10.6. The third-order valence-corrected chi connectivity index (χ3v) is 8.43. The topological polar surface area (TPSA) is 65.3 Å². The number of nitrogens with zero attached hydrogens (tertiary/aromatic N) is 4. The molecule has 2 fully saturated rings. The Morgan fingerprint density at radius 3 is 2.42 bits per heavy atom. The highest BCUT2D eigenvalue weighted by Crippen LogP contribution is 2.59. The molecule has 1 aromatic rings.